The highest BCUT2D eigenvalue weighted by Crippen LogP contribution is 2.63. The molecule has 0 bridgehead atoms. The maximum atomic E-state index is 11.9. The Labute approximate surface area is 366 Å². The second kappa shape index (κ2) is 15.5. The summed E-state index contributed by atoms with van der Waals surface area (Å²) < 4.78 is 2.19. The monoisotopic (exact) mass is 842 g/mol. The standard InChI is InChI=1S/C54H38N2O8/c57-47-43(34-15-5-2-6-16-34)48(58)52(62)45(51(47)61)55(46-53(63)49(59)44(50(60)54(46)64)35-25-23-32(24-26-35)31-13-3-1-4-14-31)36-29-27-33(28-30-36)37-17-7-10-20-40(37)56-41-21-11-8-18-38(41)39-19-9-12-22-42(39)56/h1-30,57-64H. The topological polar surface area (TPSA) is 170 Å². The van der Waals surface area contributed by atoms with Crippen LogP contribution in [0.2, 0.25) is 0 Å². The maximum Gasteiger partial charge on any atom is 0.186 e. The van der Waals surface area contributed by atoms with Gasteiger partial charge in [-0.05, 0) is 58.1 Å². The third kappa shape index (κ3) is 6.20. The van der Waals surface area contributed by atoms with Crippen LogP contribution >= 0.6 is 0 Å². The van der Waals surface area contributed by atoms with E-state index in [1.54, 1.807) is 78.9 Å². The largest absolute Gasteiger partial charge is 0.504 e. The maximum absolute atomic E-state index is 11.9. The molecule has 0 fully saturated rings. The lowest BCUT2D eigenvalue weighted by Crippen LogP contribution is -2.12. The Morgan fingerprint density at radius 3 is 1.16 bits per heavy atom. The number of para-hydroxylation sites is 3. The molecule has 0 saturated carbocycles. The van der Waals surface area contributed by atoms with Crippen LogP contribution in [0.25, 0.3) is 72.0 Å². The Hall–Kier alpha value is -9.02. The smallest absolute Gasteiger partial charge is 0.186 e. The molecule has 0 aliphatic carbocycles. The van der Waals surface area contributed by atoms with E-state index in [1.807, 2.05) is 78.9 Å². The van der Waals surface area contributed by atoms with Crippen molar-refractivity contribution in [2.45, 2.75) is 0 Å². The zero-order chi connectivity index (χ0) is 44.2. The molecule has 0 saturated heterocycles. The molecule has 0 spiro atoms. The molecule has 10 nitrogen and oxygen atoms in total. The van der Waals surface area contributed by atoms with Crippen LogP contribution in [0.3, 0.4) is 0 Å². The molecule has 10 aromatic rings. The summed E-state index contributed by atoms with van der Waals surface area (Å²) in [5, 5.41) is 96.0. The van der Waals surface area contributed by atoms with Gasteiger partial charge in [-0.15, -0.1) is 0 Å². The SMILES string of the molecule is Oc1c(O)c(N(c2ccc(-c3ccccc3-n3c4ccccc4c4ccccc43)cc2)c2c(O)c(O)c(-c3ccc(-c4ccccc4)cc3)c(O)c2O)c(O)c(O)c1-c1ccccc1. The molecule has 312 valence electrons. The van der Waals surface area contributed by atoms with E-state index in [-0.39, 0.29) is 27.9 Å². The summed E-state index contributed by atoms with van der Waals surface area (Å²) in [6, 6.07) is 55.2. The third-order valence-electron chi connectivity index (χ3n) is 11.7. The van der Waals surface area contributed by atoms with E-state index < -0.39 is 57.4 Å². The average Bonchev–Trinajstić information content (AvgIpc) is 3.67. The van der Waals surface area contributed by atoms with Gasteiger partial charge in [0.25, 0.3) is 0 Å². The number of fused-ring (bicyclic) bond motifs is 3. The minimum atomic E-state index is -0.955. The Balaban J connectivity index is 1.15. The number of benzene rings is 9. The summed E-state index contributed by atoms with van der Waals surface area (Å²) >= 11 is 0. The molecular formula is C54H38N2O8. The zero-order valence-electron chi connectivity index (χ0n) is 33.8. The molecule has 0 amide bonds. The Kier molecular flexibility index (Phi) is 9.46. The van der Waals surface area contributed by atoms with Gasteiger partial charge in [-0.25, -0.2) is 0 Å². The van der Waals surface area contributed by atoms with Crippen molar-refractivity contribution < 1.29 is 40.9 Å². The van der Waals surface area contributed by atoms with E-state index in [2.05, 4.69) is 28.8 Å². The van der Waals surface area contributed by atoms with Gasteiger partial charge < -0.3 is 45.4 Å². The van der Waals surface area contributed by atoms with E-state index in [1.165, 1.54) is 0 Å². The molecule has 0 unspecified atom stereocenters. The van der Waals surface area contributed by atoms with Crippen LogP contribution in [0.1, 0.15) is 0 Å². The molecule has 8 N–H and O–H groups in total. The summed E-state index contributed by atoms with van der Waals surface area (Å²) in [5.74, 6) is -7.16. The molecule has 1 aromatic heterocycles. The first kappa shape index (κ1) is 39.1. The van der Waals surface area contributed by atoms with Crippen LogP contribution in [-0.4, -0.2) is 45.4 Å². The predicted molar refractivity (Wildman–Crippen MR) is 251 cm³/mol. The van der Waals surface area contributed by atoms with Gasteiger partial charge >= 0.3 is 0 Å². The minimum Gasteiger partial charge on any atom is -0.504 e. The lowest BCUT2D eigenvalue weighted by molar-refractivity contribution is 0.372. The summed E-state index contributed by atoms with van der Waals surface area (Å²) in [7, 11) is 0. The van der Waals surface area contributed by atoms with Crippen molar-refractivity contribution in [3.05, 3.63) is 182 Å². The molecule has 1 heterocycles. The molecule has 0 aliphatic heterocycles. The number of aromatic hydroxyl groups is 8. The van der Waals surface area contributed by atoms with Crippen molar-refractivity contribution in [2.75, 3.05) is 4.90 Å². The molecule has 10 rings (SSSR count). The summed E-state index contributed by atoms with van der Waals surface area (Å²) in [4.78, 5) is 0.938. The first-order valence-corrected chi connectivity index (χ1v) is 20.3. The van der Waals surface area contributed by atoms with Crippen molar-refractivity contribution in [3.8, 4) is 96.2 Å². The number of rotatable bonds is 8. The molecule has 64 heavy (non-hydrogen) atoms. The summed E-state index contributed by atoms with van der Waals surface area (Å²) in [6.07, 6.45) is 0. The first-order valence-electron chi connectivity index (χ1n) is 20.3. The second-order valence-electron chi connectivity index (χ2n) is 15.3. The molecule has 9 aromatic carbocycles. The fourth-order valence-corrected chi connectivity index (χ4v) is 8.66. The van der Waals surface area contributed by atoms with Crippen LogP contribution in [0.15, 0.2) is 182 Å². The zero-order valence-corrected chi connectivity index (χ0v) is 33.8. The molecule has 0 radical (unpaired) electrons. The second-order valence-corrected chi connectivity index (χ2v) is 15.3. The number of phenolic OH excluding ortho intramolecular Hbond substituents is 8. The number of nitrogens with zero attached hydrogens (tertiary/aromatic N) is 2. The lowest BCUT2D eigenvalue weighted by atomic mass is 9.96. The first-order chi connectivity index (χ1) is 31.1. The highest BCUT2D eigenvalue weighted by atomic mass is 16.3. The van der Waals surface area contributed by atoms with Crippen LogP contribution in [0.4, 0.5) is 17.1 Å². The van der Waals surface area contributed by atoms with E-state index in [4.69, 9.17) is 0 Å². The molecular weight excluding hydrogens is 805 g/mol. The predicted octanol–water partition coefficient (Wildman–Crippen LogP) is 12.6. The number of aromatic nitrogens is 1. The van der Waals surface area contributed by atoms with E-state index in [0.29, 0.717) is 0 Å². The number of hydrogen-bond acceptors (Lipinski definition) is 9. The van der Waals surface area contributed by atoms with Crippen LogP contribution < -0.4 is 4.90 Å². The minimum absolute atomic E-state index is 0.0549. The third-order valence-corrected chi connectivity index (χ3v) is 11.7. The lowest BCUT2D eigenvalue weighted by Gasteiger charge is -2.30. The fourth-order valence-electron chi connectivity index (χ4n) is 8.66. The van der Waals surface area contributed by atoms with Crippen LogP contribution in [0.5, 0.6) is 46.0 Å². The van der Waals surface area contributed by atoms with Gasteiger partial charge in [-0.2, -0.15) is 0 Å². The van der Waals surface area contributed by atoms with Crippen molar-refractivity contribution in [3.63, 3.8) is 0 Å². The molecule has 10 heteroatoms. The highest BCUT2D eigenvalue weighted by molar-refractivity contribution is 6.10. The number of phenols is 8. The fraction of sp³-hybridized carbons (Fsp3) is 0. The quantitative estimate of drug-likeness (QED) is 0.0548. The van der Waals surface area contributed by atoms with Gasteiger partial charge in [0.05, 0.1) is 27.8 Å². The molecule has 0 aliphatic rings. The van der Waals surface area contributed by atoms with Crippen LogP contribution in [-0.2, 0) is 0 Å². The Morgan fingerprint density at radius 2 is 0.656 bits per heavy atom. The highest BCUT2D eigenvalue weighted by Gasteiger charge is 2.35. The van der Waals surface area contributed by atoms with Crippen molar-refractivity contribution in [2.24, 2.45) is 0 Å². The van der Waals surface area contributed by atoms with Gasteiger partial charge in [-0.3, -0.25) is 4.90 Å². The van der Waals surface area contributed by atoms with Crippen molar-refractivity contribution in [1.82, 2.24) is 4.57 Å². The van der Waals surface area contributed by atoms with E-state index in [0.717, 1.165) is 54.6 Å². The van der Waals surface area contributed by atoms with Gasteiger partial charge in [0.2, 0.25) is 0 Å². The van der Waals surface area contributed by atoms with Crippen LogP contribution in [0, 0.1) is 0 Å². The number of anilines is 3. The number of hydrogen-bond donors (Lipinski definition) is 8. The Bertz CT molecular complexity index is 3290. The van der Waals surface area contributed by atoms with E-state index in [9.17, 15) is 40.9 Å². The summed E-state index contributed by atoms with van der Waals surface area (Å²) in [6.45, 7) is 0. The van der Waals surface area contributed by atoms with Gasteiger partial charge in [0.1, 0.15) is 11.4 Å². The Morgan fingerprint density at radius 1 is 0.297 bits per heavy atom. The van der Waals surface area contributed by atoms with Gasteiger partial charge in [0.15, 0.2) is 46.0 Å². The van der Waals surface area contributed by atoms with Crippen molar-refractivity contribution >= 4 is 38.9 Å². The van der Waals surface area contributed by atoms with Gasteiger partial charge in [0, 0.05) is 22.0 Å². The van der Waals surface area contributed by atoms with E-state index >= 15 is 0 Å². The summed E-state index contributed by atoms with van der Waals surface area (Å²) in [5.41, 5.74) is 4.82. The van der Waals surface area contributed by atoms with Crippen molar-refractivity contribution in [1.29, 1.82) is 0 Å². The van der Waals surface area contributed by atoms with Gasteiger partial charge in [-0.1, -0.05) is 152 Å². The molecule has 0 atom stereocenters. The average molecular weight is 843 g/mol. The normalized spacial score (nSPS) is 11.3.